The first kappa shape index (κ1) is 12.9. The molecule has 1 fully saturated rings. The molecule has 3 atom stereocenters. The summed E-state index contributed by atoms with van der Waals surface area (Å²) in [6.45, 7) is 7.09. The van der Waals surface area contributed by atoms with Gasteiger partial charge in [0.1, 0.15) is 0 Å². The van der Waals surface area contributed by atoms with Gasteiger partial charge in [-0.1, -0.05) is 13.8 Å². The van der Waals surface area contributed by atoms with Crippen molar-refractivity contribution in [3.63, 3.8) is 0 Å². The van der Waals surface area contributed by atoms with Gasteiger partial charge in [-0.05, 0) is 31.7 Å². The lowest BCUT2D eigenvalue weighted by atomic mass is 9.95. The Labute approximate surface area is 94.0 Å². The quantitative estimate of drug-likeness (QED) is 0.695. The number of rotatable bonds is 7. The van der Waals surface area contributed by atoms with Crippen LogP contribution in [0.15, 0.2) is 0 Å². The second kappa shape index (κ2) is 5.28. The molecule has 3 nitrogen and oxygen atoms in total. The Morgan fingerprint density at radius 1 is 1.53 bits per heavy atom. The molecule has 0 bridgehead atoms. The van der Waals surface area contributed by atoms with Crippen molar-refractivity contribution < 1.29 is 4.74 Å². The average molecular weight is 214 g/mol. The van der Waals surface area contributed by atoms with Crippen LogP contribution in [0.2, 0.25) is 0 Å². The molecule has 0 spiro atoms. The molecular weight excluding hydrogens is 188 g/mol. The monoisotopic (exact) mass is 214 g/mol. The Hall–Kier alpha value is -0.120. The fourth-order valence-electron chi connectivity index (χ4n) is 2.31. The summed E-state index contributed by atoms with van der Waals surface area (Å²) in [4.78, 5) is 2.41. The smallest absolute Gasteiger partial charge is 0.0658 e. The zero-order valence-electron chi connectivity index (χ0n) is 10.6. The maximum atomic E-state index is 5.91. The van der Waals surface area contributed by atoms with Gasteiger partial charge in [0.2, 0.25) is 0 Å². The molecule has 3 unspecified atom stereocenters. The highest BCUT2D eigenvalue weighted by Gasteiger charge is 2.38. The number of hydrogen-bond donors (Lipinski definition) is 1. The van der Waals surface area contributed by atoms with Crippen molar-refractivity contribution in [2.24, 2.45) is 17.6 Å². The summed E-state index contributed by atoms with van der Waals surface area (Å²) in [5, 5.41) is 0. The molecule has 1 aliphatic rings. The number of hydrogen-bond acceptors (Lipinski definition) is 3. The molecule has 0 aromatic carbocycles. The topological polar surface area (TPSA) is 38.5 Å². The highest BCUT2D eigenvalue weighted by molar-refractivity contribution is 4.93. The average Bonchev–Trinajstić information content (AvgIpc) is 2.90. The maximum Gasteiger partial charge on any atom is 0.0658 e. The van der Waals surface area contributed by atoms with Gasteiger partial charge in [0.05, 0.1) is 12.1 Å². The van der Waals surface area contributed by atoms with Crippen molar-refractivity contribution in [1.29, 1.82) is 0 Å². The molecule has 0 heterocycles. The molecule has 0 aromatic heterocycles. The van der Waals surface area contributed by atoms with Crippen molar-refractivity contribution in [3.8, 4) is 0 Å². The summed E-state index contributed by atoms with van der Waals surface area (Å²) >= 11 is 0. The highest BCUT2D eigenvalue weighted by Crippen LogP contribution is 2.39. The lowest BCUT2D eigenvalue weighted by Crippen LogP contribution is -2.55. The van der Waals surface area contributed by atoms with Gasteiger partial charge in [-0.2, -0.15) is 0 Å². The fourth-order valence-corrected chi connectivity index (χ4v) is 2.31. The van der Waals surface area contributed by atoms with E-state index in [1.165, 1.54) is 6.42 Å². The zero-order chi connectivity index (χ0) is 11.5. The normalized spacial score (nSPS) is 29.2. The third kappa shape index (κ3) is 2.92. The summed E-state index contributed by atoms with van der Waals surface area (Å²) in [7, 11) is 3.94. The molecule has 15 heavy (non-hydrogen) atoms. The van der Waals surface area contributed by atoms with Gasteiger partial charge >= 0.3 is 0 Å². The van der Waals surface area contributed by atoms with Crippen molar-refractivity contribution in [1.82, 2.24) is 4.90 Å². The van der Waals surface area contributed by atoms with Crippen LogP contribution >= 0.6 is 0 Å². The molecule has 1 aliphatic carbocycles. The summed E-state index contributed by atoms with van der Waals surface area (Å²) in [5.41, 5.74) is 5.95. The number of nitrogens with two attached hydrogens (primary N) is 1. The Balaban J connectivity index is 2.52. The van der Waals surface area contributed by atoms with Crippen molar-refractivity contribution in [2.45, 2.75) is 32.2 Å². The SMILES string of the molecule is CCC(CN)(COC)N(C)CC1CC1C. The maximum absolute atomic E-state index is 5.91. The molecule has 0 saturated heterocycles. The molecule has 90 valence electrons. The zero-order valence-corrected chi connectivity index (χ0v) is 10.6. The lowest BCUT2D eigenvalue weighted by molar-refractivity contribution is 0.0248. The van der Waals surface area contributed by atoms with E-state index in [0.29, 0.717) is 6.54 Å². The van der Waals surface area contributed by atoms with Crippen molar-refractivity contribution >= 4 is 0 Å². The molecule has 0 radical (unpaired) electrons. The number of nitrogens with zero attached hydrogens (tertiary/aromatic N) is 1. The van der Waals surface area contributed by atoms with Crippen molar-refractivity contribution in [2.75, 3.05) is 33.9 Å². The summed E-state index contributed by atoms with van der Waals surface area (Å²) in [6, 6.07) is 0. The lowest BCUT2D eigenvalue weighted by Gasteiger charge is -2.40. The van der Waals surface area contributed by atoms with Gasteiger partial charge < -0.3 is 10.5 Å². The van der Waals surface area contributed by atoms with Gasteiger partial charge in [-0.25, -0.2) is 0 Å². The highest BCUT2D eigenvalue weighted by atomic mass is 16.5. The van der Waals surface area contributed by atoms with Gasteiger partial charge in [-0.3, -0.25) is 4.90 Å². The first-order valence-corrected chi connectivity index (χ1v) is 6.00. The number of ether oxygens (including phenoxy) is 1. The molecule has 3 heteroatoms. The Morgan fingerprint density at radius 3 is 2.47 bits per heavy atom. The first-order valence-electron chi connectivity index (χ1n) is 6.00. The van der Waals surface area contributed by atoms with E-state index in [2.05, 4.69) is 25.8 Å². The molecule has 1 saturated carbocycles. The van der Waals surface area contributed by atoms with Gasteiger partial charge in [0, 0.05) is 20.2 Å². The van der Waals surface area contributed by atoms with Crippen LogP contribution in [0, 0.1) is 11.8 Å². The van der Waals surface area contributed by atoms with E-state index >= 15 is 0 Å². The predicted molar refractivity (Wildman–Crippen MR) is 63.9 cm³/mol. The molecule has 0 aromatic rings. The van der Waals surface area contributed by atoms with E-state index in [1.54, 1.807) is 7.11 Å². The van der Waals surface area contributed by atoms with Crippen LogP contribution in [0.3, 0.4) is 0 Å². The predicted octanol–water partition coefficient (Wildman–Crippen LogP) is 1.33. The molecule has 2 N–H and O–H groups in total. The first-order chi connectivity index (χ1) is 7.09. The van der Waals surface area contributed by atoms with E-state index in [0.717, 1.165) is 31.4 Å². The summed E-state index contributed by atoms with van der Waals surface area (Å²) < 4.78 is 5.32. The van der Waals surface area contributed by atoms with Crippen LogP contribution in [0.4, 0.5) is 0 Å². The van der Waals surface area contributed by atoms with E-state index in [4.69, 9.17) is 10.5 Å². The minimum Gasteiger partial charge on any atom is -0.383 e. The fraction of sp³-hybridized carbons (Fsp3) is 1.00. The molecule has 1 rings (SSSR count). The number of methoxy groups -OCH3 is 1. The second-order valence-corrected chi connectivity index (χ2v) is 5.07. The standard InChI is InChI=1S/C12H26N2O/c1-5-12(8-13,9-15-4)14(3)7-11-6-10(11)2/h10-11H,5-9,13H2,1-4H3. The summed E-state index contributed by atoms with van der Waals surface area (Å²) in [5.74, 6) is 1.78. The Morgan fingerprint density at radius 2 is 2.13 bits per heavy atom. The van der Waals surface area contributed by atoms with Crippen LogP contribution in [-0.2, 0) is 4.74 Å². The van der Waals surface area contributed by atoms with E-state index < -0.39 is 0 Å². The van der Waals surface area contributed by atoms with Gasteiger partial charge in [0.25, 0.3) is 0 Å². The number of likely N-dealkylation sites (N-methyl/N-ethyl adjacent to an activating group) is 1. The van der Waals surface area contributed by atoms with Gasteiger partial charge in [-0.15, -0.1) is 0 Å². The second-order valence-electron chi connectivity index (χ2n) is 5.07. The van der Waals surface area contributed by atoms with E-state index in [-0.39, 0.29) is 5.54 Å². The molecular formula is C12H26N2O. The van der Waals surface area contributed by atoms with Crippen LogP contribution in [0.25, 0.3) is 0 Å². The largest absolute Gasteiger partial charge is 0.383 e. The van der Waals surface area contributed by atoms with E-state index in [9.17, 15) is 0 Å². The molecule has 0 aliphatic heterocycles. The third-order valence-electron chi connectivity index (χ3n) is 4.05. The van der Waals surface area contributed by atoms with Crippen LogP contribution in [-0.4, -0.2) is 44.3 Å². The van der Waals surface area contributed by atoms with Crippen LogP contribution in [0.1, 0.15) is 26.7 Å². The van der Waals surface area contributed by atoms with Crippen molar-refractivity contribution in [3.05, 3.63) is 0 Å². The van der Waals surface area contributed by atoms with E-state index in [1.807, 2.05) is 0 Å². The minimum absolute atomic E-state index is 0.0388. The Kier molecular flexibility index (Phi) is 4.56. The summed E-state index contributed by atoms with van der Waals surface area (Å²) in [6.07, 6.45) is 2.43. The third-order valence-corrected chi connectivity index (χ3v) is 4.05. The van der Waals surface area contributed by atoms with Crippen LogP contribution < -0.4 is 5.73 Å². The Bertz CT molecular complexity index is 192. The van der Waals surface area contributed by atoms with Gasteiger partial charge in [0.15, 0.2) is 0 Å². The molecule has 0 amide bonds. The minimum atomic E-state index is 0.0388. The van der Waals surface area contributed by atoms with Crippen LogP contribution in [0.5, 0.6) is 0 Å².